The van der Waals surface area contributed by atoms with Crippen LogP contribution in [0, 0.1) is 0 Å². The van der Waals surface area contributed by atoms with Crippen molar-refractivity contribution in [3.05, 3.63) is 64.7 Å². The Morgan fingerprint density at radius 3 is 2.15 bits per heavy atom. The lowest BCUT2D eigenvalue weighted by molar-refractivity contribution is 0.0698. The Balaban J connectivity index is 1.64. The number of amides is 1. The molecule has 1 aliphatic rings. The first-order chi connectivity index (χ1) is 12.9. The van der Waals surface area contributed by atoms with Crippen LogP contribution in [0.1, 0.15) is 15.9 Å². The number of rotatable bonds is 5. The maximum atomic E-state index is 12.7. The maximum absolute atomic E-state index is 12.7. The first-order valence-corrected chi connectivity index (χ1v) is 11.8. The Morgan fingerprint density at radius 2 is 1.59 bits per heavy atom. The molecule has 0 saturated carbocycles. The minimum atomic E-state index is -3.57. The van der Waals surface area contributed by atoms with E-state index in [1.807, 2.05) is 30.5 Å². The fourth-order valence-electron chi connectivity index (χ4n) is 2.98. The van der Waals surface area contributed by atoms with E-state index in [9.17, 15) is 13.2 Å². The average Bonchev–Trinajstić information content (AvgIpc) is 2.69. The molecule has 0 aliphatic carbocycles. The van der Waals surface area contributed by atoms with Crippen molar-refractivity contribution in [1.29, 1.82) is 0 Å². The van der Waals surface area contributed by atoms with Crippen LogP contribution in [0.2, 0.25) is 5.02 Å². The third kappa shape index (κ3) is 4.66. The summed E-state index contributed by atoms with van der Waals surface area (Å²) in [6.45, 7) is 1.30. The van der Waals surface area contributed by atoms with E-state index in [4.69, 9.17) is 11.6 Å². The summed E-state index contributed by atoms with van der Waals surface area (Å²) in [6.07, 6.45) is 2.04. The van der Waals surface area contributed by atoms with Crippen LogP contribution in [0.15, 0.2) is 53.4 Å². The molecular formula is C19H21ClN2O3S2. The molecule has 8 heteroatoms. The molecule has 0 spiro atoms. The van der Waals surface area contributed by atoms with Gasteiger partial charge in [-0.3, -0.25) is 4.79 Å². The zero-order valence-corrected chi connectivity index (χ0v) is 17.4. The van der Waals surface area contributed by atoms with Crippen molar-refractivity contribution >= 4 is 39.3 Å². The first kappa shape index (κ1) is 20.2. The van der Waals surface area contributed by atoms with E-state index in [-0.39, 0.29) is 23.9 Å². The monoisotopic (exact) mass is 424 g/mol. The lowest BCUT2D eigenvalue weighted by atomic mass is 10.1. The summed E-state index contributed by atoms with van der Waals surface area (Å²) in [7, 11) is -3.57. The van der Waals surface area contributed by atoms with Crippen LogP contribution in [0.5, 0.6) is 0 Å². The summed E-state index contributed by atoms with van der Waals surface area (Å²) in [5, 5.41) is 0.493. The molecule has 2 aromatic rings. The summed E-state index contributed by atoms with van der Waals surface area (Å²) in [5.41, 5.74) is 1.81. The summed E-state index contributed by atoms with van der Waals surface area (Å²) in [4.78, 5) is 14.6. The highest BCUT2D eigenvalue weighted by Crippen LogP contribution is 2.20. The van der Waals surface area contributed by atoms with Gasteiger partial charge in [0.2, 0.25) is 10.0 Å². The second kappa shape index (κ2) is 8.65. The predicted octanol–water partition coefficient (Wildman–Crippen LogP) is 3.35. The maximum Gasteiger partial charge on any atom is 0.253 e. The molecule has 1 heterocycles. The van der Waals surface area contributed by atoms with Gasteiger partial charge in [-0.1, -0.05) is 23.7 Å². The van der Waals surface area contributed by atoms with Crippen LogP contribution in [0.3, 0.4) is 0 Å². The van der Waals surface area contributed by atoms with Crippen LogP contribution in [0.25, 0.3) is 0 Å². The van der Waals surface area contributed by atoms with Gasteiger partial charge in [0.05, 0.1) is 4.90 Å². The first-order valence-electron chi connectivity index (χ1n) is 8.54. The van der Waals surface area contributed by atoms with E-state index in [0.717, 1.165) is 5.75 Å². The standard InChI is InChI=1S/C19H21ClN2O3S2/c1-26-14-15-2-4-16(5-3-15)19(23)21-10-12-22(13-11-21)27(24,25)18-8-6-17(20)7-9-18/h2-9H,10-14H2,1H3. The van der Waals surface area contributed by atoms with E-state index in [1.54, 1.807) is 28.8 Å². The van der Waals surface area contributed by atoms with Gasteiger partial charge in [-0.2, -0.15) is 16.1 Å². The second-order valence-electron chi connectivity index (χ2n) is 6.28. The Hall–Kier alpha value is -1.54. The summed E-state index contributed by atoms with van der Waals surface area (Å²) >= 11 is 7.57. The Kier molecular flexibility index (Phi) is 6.47. The van der Waals surface area contributed by atoms with Crippen LogP contribution < -0.4 is 0 Å². The summed E-state index contributed by atoms with van der Waals surface area (Å²) < 4.78 is 26.9. The Morgan fingerprint density at radius 1 is 1.00 bits per heavy atom. The van der Waals surface area contributed by atoms with Crippen molar-refractivity contribution in [2.24, 2.45) is 0 Å². The summed E-state index contributed by atoms with van der Waals surface area (Å²) in [6, 6.07) is 13.7. The molecule has 3 rings (SSSR count). The SMILES string of the molecule is CSCc1ccc(C(=O)N2CCN(S(=O)(=O)c3ccc(Cl)cc3)CC2)cc1. The number of piperazine rings is 1. The quantitative estimate of drug-likeness (QED) is 0.738. The molecule has 0 radical (unpaired) electrons. The fraction of sp³-hybridized carbons (Fsp3) is 0.316. The number of nitrogens with zero attached hydrogens (tertiary/aromatic N) is 2. The molecule has 0 N–H and O–H groups in total. The molecule has 0 atom stereocenters. The van der Waals surface area contributed by atoms with Crippen molar-refractivity contribution in [2.75, 3.05) is 32.4 Å². The van der Waals surface area contributed by atoms with E-state index < -0.39 is 10.0 Å². The number of carbonyl (C=O) groups is 1. The summed E-state index contributed by atoms with van der Waals surface area (Å²) in [5.74, 6) is 0.852. The highest BCUT2D eigenvalue weighted by Gasteiger charge is 2.30. The molecule has 1 aliphatic heterocycles. The number of sulfonamides is 1. The van der Waals surface area contributed by atoms with Gasteiger partial charge < -0.3 is 4.90 Å². The van der Waals surface area contributed by atoms with Crippen molar-refractivity contribution in [3.8, 4) is 0 Å². The van der Waals surface area contributed by atoms with Gasteiger partial charge in [-0.15, -0.1) is 0 Å². The number of carbonyl (C=O) groups excluding carboxylic acids is 1. The van der Waals surface area contributed by atoms with Gasteiger partial charge >= 0.3 is 0 Å². The van der Waals surface area contributed by atoms with Crippen molar-refractivity contribution in [1.82, 2.24) is 9.21 Å². The topological polar surface area (TPSA) is 57.7 Å². The highest BCUT2D eigenvalue weighted by molar-refractivity contribution is 7.97. The molecular weight excluding hydrogens is 404 g/mol. The number of hydrogen-bond donors (Lipinski definition) is 0. The minimum absolute atomic E-state index is 0.0609. The van der Waals surface area contributed by atoms with Crippen molar-refractivity contribution < 1.29 is 13.2 Å². The van der Waals surface area contributed by atoms with Crippen LogP contribution in [0.4, 0.5) is 0 Å². The highest BCUT2D eigenvalue weighted by atomic mass is 35.5. The third-order valence-corrected chi connectivity index (χ3v) is 7.28. The van der Waals surface area contributed by atoms with E-state index in [2.05, 4.69) is 0 Å². The lowest BCUT2D eigenvalue weighted by Gasteiger charge is -2.34. The van der Waals surface area contributed by atoms with Gasteiger partial charge in [0.25, 0.3) is 5.91 Å². The second-order valence-corrected chi connectivity index (χ2v) is 9.52. The average molecular weight is 425 g/mol. The number of halogens is 1. The smallest absolute Gasteiger partial charge is 0.253 e. The normalized spacial score (nSPS) is 15.7. The zero-order chi connectivity index (χ0) is 19.4. The Bertz CT molecular complexity index is 892. The molecule has 1 fully saturated rings. The van der Waals surface area contributed by atoms with Crippen molar-refractivity contribution in [3.63, 3.8) is 0 Å². The molecule has 0 bridgehead atoms. The zero-order valence-electron chi connectivity index (χ0n) is 15.0. The Labute approximate surface area is 169 Å². The minimum Gasteiger partial charge on any atom is -0.336 e. The van der Waals surface area contributed by atoms with E-state index in [0.29, 0.717) is 23.7 Å². The molecule has 1 saturated heterocycles. The number of benzene rings is 2. The molecule has 5 nitrogen and oxygen atoms in total. The van der Waals surface area contributed by atoms with Gasteiger partial charge in [0.1, 0.15) is 0 Å². The number of hydrogen-bond acceptors (Lipinski definition) is 4. The fourth-order valence-corrected chi connectivity index (χ4v) is 5.05. The molecule has 144 valence electrons. The van der Waals surface area contributed by atoms with Crippen LogP contribution in [-0.4, -0.2) is 56.0 Å². The molecule has 27 heavy (non-hydrogen) atoms. The molecule has 0 unspecified atom stereocenters. The van der Waals surface area contributed by atoms with Crippen molar-refractivity contribution in [2.45, 2.75) is 10.6 Å². The van der Waals surface area contributed by atoms with Gasteiger partial charge in [-0.05, 0) is 48.2 Å². The molecule has 1 amide bonds. The molecule has 0 aromatic heterocycles. The van der Waals surface area contributed by atoms with E-state index in [1.165, 1.54) is 22.0 Å². The van der Waals surface area contributed by atoms with Gasteiger partial charge in [0, 0.05) is 42.5 Å². The predicted molar refractivity (Wildman–Crippen MR) is 110 cm³/mol. The van der Waals surface area contributed by atoms with Gasteiger partial charge in [0.15, 0.2) is 0 Å². The van der Waals surface area contributed by atoms with E-state index >= 15 is 0 Å². The van der Waals surface area contributed by atoms with Crippen LogP contribution >= 0.6 is 23.4 Å². The van der Waals surface area contributed by atoms with Gasteiger partial charge in [-0.25, -0.2) is 8.42 Å². The lowest BCUT2D eigenvalue weighted by Crippen LogP contribution is -2.50. The third-order valence-electron chi connectivity index (χ3n) is 4.49. The number of thioether (sulfide) groups is 1. The largest absolute Gasteiger partial charge is 0.336 e. The molecule has 2 aromatic carbocycles. The van der Waals surface area contributed by atoms with Crippen LogP contribution in [-0.2, 0) is 15.8 Å².